The Morgan fingerprint density at radius 2 is 2.00 bits per heavy atom. The third-order valence-corrected chi connectivity index (χ3v) is 2.69. The molecule has 0 bridgehead atoms. The molecule has 1 heterocycles. The Labute approximate surface area is 97.1 Å². The summed E-state index contributed by atoms with van der Waals surface area (Å²) in [6.07, 6.45) is 4.65. The number of nitrogens with zero attached hydrogens (tertiary/aromatic N) is 2. The minimum Gasteiger partial charge on any atom is -0.330 e. The quantitative estimate of drug-likeness (QED) is 0.924. The topological polar surface area (TPSA) is 43.8 Å². The van der Waals surface area contributed by atoms with Crippen LogP contribution in [0.4, 0.5) is 0 Å². The molecule has 0 aliphatic carbocycles. The zero-order valence-corrected chi connectivity index (χ0v) is 9.81. The van der Waals surface area contributed by atoms with E-state index in [1.54, 1.807) is 0 Å². The van der Waals surface area contributed by atoms with E-state index in [2.05, 4.69) is 20.9 Å². The van der Waals surface area contributed by atoms with E-state index in [-0.39, 0.29) is 0 Å². The molecule has 0 amide bonds. The second kappa shape index (κ2) is 4.59. The molecule has 2 rings (SSSR count). The molecule has 0 atom stereocenters. The Bertz CT molecular complexity index is 433. The zero-order chi connectivity index (χ0) is 10.7. The van der Waals surface area contributed by atoms with Crippen molar-refractivity contribution in [3.05, 3.63) is 47.0 Å². The maximum absolute atomic E-state index is 5.47. The molecule has 0 saturated heterocycles. The van der Waals surface area contributed by atoms with Crippen LogP contribution in [0.15, 0.2) is 41.3 Å². The van der Waals surface area contributed by atoms with Crippen molar-refractivity contribution in [2.24, 2.45) is 5.73 Å². The molecule has 0 saturated carbocycles. The van der Waals surface area contributed by atoms with Gasteiger partial charge < -0.3 is 10.3 Å². The van der Waals surface area contributed by atoms with Gasteiger partial charge in [-0.3, -0.25) is 0 Å². The van der Waals surface area contributed by atoms with Crippen molar-refractivity contribution in [2.75, 3.05) is 6.54 Å². The highest BCUT2D eigenvalue weighted by molar-refractivity contribution is 9.10. The van der Waals surface area contributed by atoms with Crippen LogP contribution in [0.3, 0.4) is 0 Å². The predicted octanol–water partition coefficient (Wildman–Crippen LogP) is 2.14. The van der Waals surface area contributed by atoms with E-state index in [9.17, 15) is 0 Å². The highest BCUT2D eigenvalue weighted by Crippen LogP contribution is 2.14. The van der Waals surface area contributed by atoms with E-state index in [1.165, 1.54) is 0 Å². The number of halogens is 1. The number of imidazole rings is 1. The molecule has 0 radical (unpaired) electrons. The molecule has 2 N–H and O–H groups in total. The van der Waals surface area contributed by atoms with Gasteiger partial charge in [0.25, 0.3) is 0 Å². The smallest absolute Gasteiger partial charge is 0.0995 e. The maximum atomic E-state index is 5.47. The summed E-state index contributed by atoms with van der Waals surface area (Å²) in [6.45, 7) is 0.636. The Kier molecular flexibility index (Phi) is 3.18. The van der Waals surface area contributed by atoms with Gasteiger partial charge in [-0.15, -0.1) is 0 Å². The van der Waals surface area contributed by atoms with Crippen LogP contribution < -0.4 is 5.73 Å². The van der Waals surface area contributed by atoms with Crippen molar-refractivity contribution in [3.8, 4) is 5.69 Å². The van der Waals surface area contributed by atoms with Crippen LogP contribution in [-0.4, -0.2) is 16.1 Å². The number of rotatable bonds is 3. The number of benzene rings is 1. The third kappa shape index (κ3) is 2.46. The van der Waals surface area contributed by atoms with Crippen LogP contribution in [0, 0.1) is 0 Å². The van der Waals surface area contributed by atoms with Crippen molar-refractivity contribution < 1.29 is 0 Å². The number of nitrogens with two attached hydrogens (primary N) is 1. The predicted molar refractivity (Wildman–Crippen MR) is 64.0 cm³/mol. The largest absolute Gasteiger partial charge is 0.330 e. The number of hydrogen-bond donors (Lipinski definition) is 1. The lowest BCUT2D eigenvalue weighted by Gasteiger charge is -2.00. The van der Waals surface area contributed by atoms with E-state index >= 15 is 0 Å². The molecule has 0 fully saturated rings. The lowest BCUT2D eigenvalue weighted by atomic mass is 10.3. The highest BCUT2D eigenvalue weighted by Gasteiger charge is 1.99. The minimum absolute atomic E-state index is 0.636. The summed E-state index contributed by atoms with van der Waals surface area (Å²) < 4.78 is 3.07. The van der Waals surface area contributed by atoms with Crippen molar-refractivity contribution in [2.45, 2.75) is 6.42 Å². The molecule has 3 nitrogen and oxygen atoms in total. The molecule has 1 aromatic carbocycles. The van der Waals surface area contributed by atoms with Crippen LogP contribution in [-0.2, 0) is 6.42 Å². The number of aromatic nitrogens is 2. The monoisotopic (exact) mass is 265 g/mol. The first kappa shape index (κ1) is 10.4. The summed E-state index contributed by atoms with van der Waals surface area (Å²) in [7, 11) is 0. The van der Waals surface area contributed by atoms with Gasteiger partial charge in [-0.2, -0.15) is 0 Å². The van der Waals surface area contributed by atoms with Crippen LogP contribution >= 0.6 is 15.9 Å². The van der Waals surface area contributed by atoms with Crippen LogP contribution in [0.1, 0.15) is 5.69 Å². The van der Waals surface area contributed by atoms with E-state index in [4.69, 9.17) is 5.73 Å². The summed E-state index contributed by atoms with van der Waals surface area (Å²) in [5.74, 6) is 0. The fraction of sp³-hybridized carbons (Fsp3) is 0.182. The van der Waals surface area contributed by atoms with E-state index in [1.807, 2.05) is 41.4 Å². The Hall–Kier alpha value is -1.13. The van der Waals surface area contributed by atoms with Gasteiger partial charge in [-0.1, -0.05) is 15.9 Å². The maximum Gasteiger partial charge on any atom is 0.0995 e. The van der Waals surface area contributed by atoms with Gasteiger partial charge >= 0.3 is 0 Å². The molecule has 4 heteroatoms. The Morgan fingerprint density at radius 1 is 1.27 bits per heavy atom. The summed E-state index contributed by atoms with van der Waals surface area (Å²) in [6, 6.07) is 8.10. The normalized spacial score (nSPS) is 10.5. The zero-order valence-electron chi connectivity index (χ0n) is 8.23. The second-order valence-electron chi connectivity index (χ2n) is 3.29. The van der Waals surface area contributed by atoms with Gasteiger partial charge in [0.05, 0.1) is 12.0 Å². The fourth-order valence-corrected chi connectivity index (χ4v) is 1.66. The average Bonchev–Trinajstić information content (AvgIpc) is 2.68. The molecular formula is C11H12BrN3. The Balaban J connectivity index is 2.25. The third-order valence-electron chi connectivity index (χ3n) is 2.16. The van der Waals surface area contributed by atoms with Crippen LogP contribution in [0.25, 0.3) is 5.69 Å². The average molecular weight is 266 g/mol. The second-order valence-corrected chi connectivity index (χ2v) is 4.20. The Morgan fingerprint density at radius 3 is 2.67 bits per heavy atom. The fourth-order valence-electron chi connectivity index (χ4n) is 1.39. The van der Waals surface area contributed by atoms with E-state index < -0.39 is 0 Å². The first-order valence-electron chi connectivity index (χ1n) is 4.78. The summed E-state index contributed by atoms with van der Waals surface area (Å²) in [5.41, 5.74) is 7.61. The summed E-state index contributed by atoms with van der Waals surface area (Å²) in [5, 5.41) is 0. The van der Waals surface area contributed by atoms with E-state index in [0.29, 0.717) is 6.54 Å². The first-order chi connectivity index (χ1) is 7.29. The first-order valence-corrected chi connectivity index (χ1v) is 5.58. The van der Waals surface area contributed by atoms with Crippen molar-refractivity contribution >= 4 is 15.9 Å². The minimum atomic E-state index is 0.636. The van der Waals surface area contributed by atoms with Gasteiger partial charge in [-0.05, 0) is 30.8 Å². The van der Waals surface area contributed by atoms with Crippen molar-refractivity contribution in [1.82, 2.24) is 9.55 Å². The van der Waals surface area contributed by atoms with Gasteiger partial charge in [0, 0.05) is 22.8 Å². The summed E-state index contributed by atoms with van der Waals surface area (Å²) >= 11 is 3.41. The van der Waals surface area contributed by atoms with Crippen LogP contribution in [0.2, 0.25) is 0 Å². The standard InChI is InChI=1S/C11H12BrN3/c12-9-1-3-11(4-2-9)15-7-10(5-6-13)14-8-15/h1-4,7-8H,5-6,13H2. The van der Waals surface area contributed by atoms with Gasteiger partial charge in [0.1, 0.15) is 0 Å². The van der Waals surface area contributed by atoms with Crippen molar-refractivity contribution in [3.63, 3.8) is 0 Å². The van der Waals surface area contributed by atoms with Gasteiger partial charge in [0.15, 0.2) is 0 Å². The molecule has 0 aliphatic rings. The molecule has 0 aliphatic heterocycles. The molecule has 0 unspecified atom stereocenters. The highest BCUT2D eigenvalue weighted by atomic mass is 79.9. The SMILES string of the molecule is NCCc1cn(-c2ccc(Br)cc2)cn1. The summed E-state index contributed by atoms with van der Waals surface area (Å²) in [4.78, 5) is 4.28. The molecule has 15 heavy (non-hydrogen) atoms. The number of hydrogen-bond acceptors (Lipinski definition) is 2. The molecule has 2 aromatic rings. The molecule has 0 spiro atoms. The van der Waals surface area contributed by atoms with E-state index in [0.717, 1.165) is 22.3 Å². The van der Waals surface area contributed by atoms with Crippen molar-refractivity contribution in [1.29, 1.82) is 0 Å². The molecule has 78 valence electrons. The van der Waals surface area contributed by atoms with Gasteiger partial charge in [0.2, 0.25) is 0 Å². The van der Waals surface area contributed by atoms with Gasteiger partial charge in [-0.25, -0.2) is 4.98 Å². The lowest BCUT2D eigenvalue weighted by molar-refractivity contribution is 0.934. The molecular weight excluding hydrogens is 254 g/mol. The molecule has 1 aromatic heterocycles. The lowest BCUT2D eigenvalue weighted by Crippen LogP contribution is -2.02. The van der Waals surface area contributed by atoms with Crippen LogP contribution in [0.5, 0.6) is 0 Å².